The second-order valence-electron chi connectivity index (χ2n) is 4.10. The van der Waals surface area contributed by atoms with Crippen LogP contribution < -0.4 is 10.2 Å². The van der Waals surface area contributed by atoms with Crippen molar-refractivity contribution >= 4 is 17.6 Å². The third-order valence-electron chi connectivity index (χ3n) is 2.65. The van der Waals surface area contributed by atoms with Crippen molar-refractivity contribution in [2.24, 2.45) is 5.92 Å². The second kappa shape index (κ2) is 6.00. The molecule has 0 aliphatic carbocycles. The van der Waals surface area contributed by atoms with Crippen LogP contribution >= 0.6 is 0 Å². The van der Waals surface area contributed by atoms with Crippen LogP contribution in [0.2, 0.25) is 0 Å². The maximum atomic E-state index is 11.4. The molecule has 0 saturated carbocycles. The summed E-state index contributed by atoms with van der Waals surface area (Å²) < 4.78 is 0. The third-order valence-corrected chi connectivity index (χ3v) is 2.65. The first-order chi connectivity index (χ1) is 8.45. The molecule has 0 aliphatic heterocycles. The average Bonchev–Trinajstić information content (AvgIpc) is 2.37. The summed E-state index contributed by atoms with van der Waals surface area (Å²) in [5.41, 5.74) is 0.780. The molecule has 98 valence electrons. The van der Waals surface area contributed by atoms with Crippen molar-refractivity contribution in [1.82, 2.24) is 10.3 Å². The molecule has 0 bridgehead atoms. The van der Waals surface area contributed by atoms with Crippen LogP contribution in [0.4, 0.5) is 5.69 Å². The fraction of sp³-hybridized carbons (Fsp3) is 0.417. The van der Waals surface area contributed by atoms with E-state index in [1.165, 1.54) is 12.3 Å². The number of anilines is 1. The highest BCUT2D eigenvalue weighted by molar-refractivity contribution is 5.85. The van der Waals surface area contributed by atoms with Crippen molar-refractivity contribution in [3.8, 4) is 0 Å². The van der Waals surface area contributed by atoms with Gasteiger partial charge >= 0.3 is 5.97 Å². The van der Waals surface area contributed by atoms with Crippen molar-refractivity contribution in [2.45, 2.75) is 6.92 Å². The maximum Gasteiger partial charge on any atom is 0.354 e. The predicted molar refractivity (Wildman–Crippen MR) is 67.7 cm³/mol. The summed E-state index contributed by atoms with van der Waals surface area (Å²) in [4.78, 5) is 27.7. The van der Waals surface area contributed by atoms with Gasteiger partial charge < -0.3 is 15.3 Å². The van der Waals surface area contributed by atoms with E-state index in [9.17, 15) is 9.59 Å². The van der Waals surface area contributed by atoms with E-state index < -0.39 is 5.97 Å². The molecule has 2 N–H and O–H groups in total. The van der Waals surface area contributed by atoms with E-state index in [-0.39, 0.29) is 17.5 Å². The van der Waals surface area contributed by atoms with Crippen LogP contribution in [-0.4, -0.2) is 42.6 Å². The zero-order valence-electron chi connectivity index (χ0n) is 10.7. The summed E-state index contributed by atoms with van der Waals surface area (Å²) in [6.07, 6.45) is 1.49. The quantitative estimate of drug-likeness (QED) is 0.800. The summed E-state index contributed by atoms with van der Waals surface area (Å²) in [6, 6.07) is 3.12. The normalized spacial score (nSPS) is 11.7. The van der Waals surface area contributed by atoms with Crippen LogP contribution in [0.15, 0.2) is 18.3 Å². The van der Waals surface area contributed by atoms with E-state index in [1.54, 1.807) is 13.1 Å². The van der Waals surface area contributed by atoms with Crippen molar-refractivity contribution in [3.63, 3.8) is 0 Å². The number of hydrogen-bond acceptors (Lipinski definition) is 4. The first-order valence-electron chi connectivity index (χ1n) is 5.57. The van der Waals surface area contributed by atoms with Gasteiger partial charge in [-0.3, -0.25) is 4.79 Å². The Morgan fingerprint density at radius 3 is 2.61 bits per heavy atom. The Morgan fingerprint density at radius 2 is 2.17 bits per heavy atom. The maximum absolute atomic E-state index is 11.4. The van der Waals surface area contributed by atoms with Crippen molar-refractivity contribution in [2.75, 3.05) is 25.5 Å². The van der Waals surface area contributed by atoms with E-state index in [1.807, 2.05) is 18.9 Å². The molecule has 1 aromatic rings. The number of rotatable bonds is 5. The van der Waals surface area contributed by atoms with E-state index in [0.29, 0.717) is 6.54 Å². The molecule has 1 atom stereocenters. The molecule has 6 heteroatoms. The molecule has 0 radical (unpaired) electrons. The number of hydrogen-bond donors (Lipinski definition) is 2. The lowest BCUT2D eigenvalue weighted by molar-refractivity contribution is -0.123. The predicted octanol–water partition coefficient (Wildman–Crippen LogP) is 0.598. The highest BCUT2D eigenvalue weighted by Gasteiger charge is 2.14. The third kappa shape index (κ3) is 3.44. The smallest absolute Gasteiger partial charge is 0.354 e. The minimum atomic E-state index is -1.05. The number of nitrogens with zero attached hydrogens (tertiary/aromatic N) is 2. The number of carboxylic acids is 1. The van der Waals surface area contributed by atoms with Crippen molar-refractivity contribution < 1.29 is 14.7 Å². The number of carbonyl (C=O) groups is 2. The minimum Gasteiger partial charge on any atom is -0.477 e. The van der Waals surface area contributed by atoms with Gasteiger partial charge in [0.2, 0.25) is 5.91 Å². The highest BCUT2D eigenvalue weighted by Crippen LogP contribution is 2.13. The molecule has 1 aromatic heterocycles. The SMILES string of the molecule is CNC(=O)C(C)CN(C)c1ccc(C(=O)O)nc1. The molecule has 1 amide bonds. The van der Waals surface area contributed by atoms with E-state index in [4.69, 9.17) is 5.11 Å². The van der Waals surface area contributed by atoms with Gasteiger partial charge in [0.15, 0.2) is 0 Å². The zero-order chi connectivity index (χ0) is 13.7. The lowest BCUT2D eigenvalue weighted by Crippen LogP contribution is -2.34. The average molecular weight is 251 g/mol. The second-order valence-corrected chi connectivity index (χ2v) is 4.10. The van der Waals surface area contributed by atoms with Gasteiger partial charge in [0.25, 0.3) is 0 Å². The Hall–Kier alpha value is -2.11. The summed E-state index contributed by atoms with van der Waals surface area (Å²) in [5, 5.41) is 11.3. The summed E-state index contributed by atoms with van der Waals surface area (Å²) in [5.74, 6) is -1.24. The van der Waals surface area contributed by atoms with Crippen LogP contribution in [0.5, 0.6) is 0 Å². The lowest BCUT2D eigenvalue weighted by atomic mass is 10.1. The van der Waals surface area contributed by atoms with Gasteiger partial charge in [0.1, 0.15) is 5.69 Å². The van der Waals surface area contributed by atoms with Crippen LogP contribution in [0.3, 0.4) is 0 Å². The number of pyridine rings is 1. The van der Waals surface area contributed by atoms with Gasteiger partial charge in [-0.25, -0.2) is 9.78 Å². The summed E-state index contributed by atoms with van der Waals surface area (Å²) >= 11 is 0. The Balaban J connectivity index is 2.69. The molecule has 6 nitrogen and oxygen atoms in total. The molecular formula is C12H17N3O3. The Bertz CT molecular complexity index is 431. The number of nitrogens with one attached hydrogen (secondary N) is 1. The fourth-order valence-corrected chi connectivity index (χ4v) is 1.58. The number of carbonyl (C=O) groups excluding carboxylic acids is 1. The van der Waals surface area contributed by atoms with Crippen molar-refractivity contribution in [3.05, 3.63) is 24.0 Å². The molecule has 0 spiro atoms. The van der Waals surface area contributed by atoms with Gasteiger partial charge in [0, 0.05) is 20.6 Å². The number of aromatic carboxylic acids is 1. The summed E-state index contributed by atoms with van der Waals surface area (Å²) in [7, 11) is 3.43. The fourth-order valence-electron chi connectivity index (χ4n) is 1.58. The van der Waals surface area contributed by atoms with Gasteiger partial charge in [-0.05, 0) is 12.1 Å². The molecule has 0 aliphatic rings. The topological polar surface area (TPSA) is 82.5 Å². The van der Waals surface area contributed by atoms with Crippen LogP contribution in [0.25, 0.3) is 0 Å². The Kier molecular flexibility index (Phi) is 4.65. The van der Waals surface area contributed by atoms with Gasteiger partial charge in [-0.15, -0.1) is 0 Å². The summed E-state index contributed by atoms with van der Waals surface area (Å²) in [6.45, 7) is 2.36. The molecule has 1 heterocycles. The zero-order valence-corrected chi connectivity index (χ0v) is 10.7. The van der Waals surface area contributed by atoms with Crippen molar-refractivity contribution in [1.29, 1.82) is 0 Å². The molecular weight excluding hydrogens is 234 g/mol. The van der Waals surface area contributed by atoms with Crippen LogP contribution in [0, 0.1) is 5.92 Å². The molecule has 1 rings (SSSR count). The van der Waals surface area contributed by atoms with E-state index >= 15 is 0 Å². The van der Waals surface area contributed by atoms with Crippen LogP contribution in [-0.2, 0) is 4.79 Å². The number of carboxylic acid groups (broad SMARTS) is 1. The molecule has 0 fully saturated rings. The molecule has 1 unspecified atom stereocenters. The van der Waals surface area contributed by atoms with Gasteiger partial charge in [-0.2, -0.15) is 0 Å². The number of aromatic nitrogens is 1. The van der Waals surface area contributed by atoms with E-state index in [2.05, 4.69) is 10.3 Å². The molecule has 18 heavy (non-hydrogen) atoms. The highest BCUT2D eigenvalue weighted by atomic mass is 16.4. The Labute approximate surface area is 106 Å². The first-order valence-corrected chi connectivity index (χ1v) is 5.57. The Morgan fingerprint density at radius 1 is 1.50 bits per heavy atom. The molecule has 0 saturated heterocycles. The standard InChI is InChI=1S/C12H17N3O3/c1-8(11(16)13-2)7-15(3)9-4-5-10(12(17)18)14-6-9/h4-6,8H,7H2,1-3H3,(H,13,16)(H,17,18). The van der Waals surface area contributed by atoms with Gasteiger partial charge in [-0.1, -0.05) is 6.92 Å². The minimum absolute atomic E-state index is 0.00602. The first kappa shape index (κ1) is 14.0. The lowest BCUT2D eigenvalue weighted by Gasteiger charge is -2.22. The van der Waals surface area contributed by atoms with Gasteiger partial charge in [0.05, 0.1) is 17.8 Å². The number of amides is 1. The van der Waals surface area contributed by atoms with E-state index in [0.717, 1.165) is 5.69 Å². The monoisotopic (exact) mass is 251 g/mol. The molecule has 0 aromatic carbocycles. The largest absolute Gasteiger partial charge is 0.477 e. The van der Waals surface area contributed by atoms with Crippen LogP contribution in [0.1, 0.15) is 17.4 Å².